The molecular formula is C54H113P. The van der Waals surface area contributed by atoms with E-state index in [1.165, 1.54) is 250 Å². The van der Waals surface area contributed by atoms with Crippen molar-refractivity contribution in [3.05, 3.63) is 0 Å². The summed E-state index contributed by atoms with van der Waals surface area (Å²) in [5.41, 5.74) is 0. The molecule has 0 aromatic carbocycles. The van der Waals surface area contributed by atoms with E-state index in [9.17, 15) is 0 Å². The molecule has 0 aliphatic carbocycles. The molecule has 0 nitrogen and oxygen atoms in total. The fourth-order valence-electron chi connectivity index (χ4n) is 9.76. The summed E-state index contributed by atoms with van der Waals surface area (Å²) < 4.78 is 0. The normalized spacial score (nSPS) is 12.3. The van der Waals surface area contributed by atoms with Gasteiger partial charge in [-0.2, -0.15) is 0 Å². The van der Waals surface area contributed by atoms with Crippen molar-refractivity contribution in [1.82, 2.24) is 0 Å². The van der Waals surface area contributed by atoms with Crippen LogP contribution < -0.4 is 0 Å². The predicted molar refractivity (Wildman–Crippen MR) is 263 cm³/mol. The fourth-order valence-corrected chi connectivity index (χ4v) is 15.3. The molecule has 0 saturated carbocycles. The minimum atomic E-state index is -1.17. The first-order valence-electron chi connectivity index (χ1n) is 27.2. The summed E-state index contributed by atoms with van der Waals surface area (Å²) in [6.45, 7) is 9.36. The van der Waals surface area contributed by atoms with Crippen LogP contribution in [0, 0.1) is 0 Å². The van der Waals surface area contributed by atoms with Gasteiger partial charge in [-0.1, -0.05) is 59.3 Å². The molecular weight excluding hydrogens is 680 g/mol. The maximum absolute atomic E-state index is 2.36. The third-order valence-electron chi connectivity index (χ3n) is 13.7. The predicted octanol–water partition coefficient (Wildman–Crippen LogP) is 20.8. The molecule has 0 rings (SSSR count). The Labute approximate surface area is 353 Å². The van der Waals surface area contributed by atoms with Gasteiger partial charge in [0, 0.05) is 0 Å². The van der Waals surface area contributed by atoms with Crippen molar-refractivity contribution in [1.29, 1.82) is 0 Å². The molecule has 0 amide bonds. The average molecular weight is 793 g/mol. The van der Waals surface area contributed by atoms with Crippen molar-refractivity contribution in [3.63, 3.8) is 0 Å². The van der Waals surface area contributed by atoms with E-state index in [2.05, 4.69) is 27.7 Å². The summed E-state index contributed by atoms with van der Waals surface area (Å²) in [5.74, 6) is 0. The Morgan fingerprint density at radius 2 is 0.255 bits per heavy atom. The molecule has 0 aromatic rings. The van der Waals surface area contributed by atoms with E-state index in [1.807, 2.05) is 0 Å². The van der Waals surface area contributed by atoms with Gasteiger partial charge in [0.15, 0.2) is 0 Å². The number of rotatable bonds is 50. The van der Waals surface area contributed by atoms with Crippen LogP contribution in [0.3, 0.4) is 0 Å². The fraction of sp³-hybridized carbons (Fsp3) is 1.00. The van der Waals surface area contributed by atoms with Gasteiger partial charge in [0.05, 0.1) is 0 Å². The third-order valence-corrected chi connectivity index (χ3v) is 19.4. The molecule has 0 unspecified atom stereocenters. The van der Waals surface area contributed by atoms with Gasteiger partial charge >= 0.3 is 296 Å². The zero-order valence-corrected chi connectivity index (χ0v) is 40.9. The molecule has 0 atom stereocenters. The molecule has 0 aliphatic heterocycles. The van der Waals surface area contributed by atoms with Crippen molar-refractivity contribution in [2.24, 2.45) is 0 Å². The van der Waals surface area contributed by atoms with Crippen LogP contribution >= 0.6 is 7.26 Å². The first-order chi connectivity index (χ1) is 27.2. The Morgan fingerprint density at radius 1 is 0.145 bits per heavy atom. The smallest absolute Gasteiger partial charge is 0.0654 e. The molecule has 0 spiro atoms. The molecule has 0 saturated heterocycles. The van der Waals surface area contributed by atoms with Gasteiger partial charge in [-0.15, -0.1) is 0 Å². The second-order valence-corrected chi connectivity index (χ2v) is 24.3. The first-order valence-corrected chi connectivity index (χ1v) is 30.1. The zero-order chi connectivity index (χ0) is 39.9. The van der Waals surface area contributed by atoms with Crippen molar-refractivity contribution in [2.45, 2.75) is 323 Å². The number of unbranched alkanes of at least 4 members (excludes halogenated alkanes) is 42. The van der Waals surface area contributed by atoms with Crippen molar-refractivity contribution in [2.75, 3.05) is 24.6 Å². The van der Waals surface area contributed by atoms with Crippen molar-refractivity contribution < 1.29 is 0 Å². The Bertz CT molecular complexity index is 582. The number of hydrogen-bond donors (Lipinski definition) is 0. The van der Waals surface area contributed by atoms with Crippen molar-refractivity contribution >= 4 is 7.26 Å². The van der Waals surface area contributed by atoms with E-state index in [0.29, 0.717) is 0 Å². The molecule has 0 fully saturated rings. The van der Waals surface area contributed by atoms with E-state index in [-0.39, 0.29) is 0 Å². The van der Waals surface area contributed by atoms with E-state index >= 15 is 0 Å². The minimum absolute atomic E-state index is 1.17. The van der Waals surface area contributed by atoms with Crippen LogP contribution in [0.2, 0.25) is 0 Å². The van der Waals surface area contributed by atoms with E-state index in [0.717, 1.165) is 0 Å². The van der Waals surface area contributed by atoms with Crippen LogP contribution in [0.15, 0.2) is 0 Å². The van der Waals surface area contributed by atoms with Gasteiger partial charge in [-0.3, -0.25) is 0 Å². The first kappa shape index (κ1) is 55.4. The molecule has 0 heterocycles. The van der Waals surface area contributed by atoms with Crippen LogP contribution in [0.5, 0.6) is 0 Å². The van der Waals surface area contributed by atoms with E-state index in [1.54, 1.807) is 69.6 Å². The molecule has 0 aromatic heterocycles. The average Bonchev–Trinajstić information content (AvgIpc) is 3.19. The van der Waals surface area contributed by atoms with E-state index < -0.39 is 7.26 Å². The van der Waals surface area contributed by atoms with Crippen LogP contribution in [0.25, 0.3) is 0 Å². The Hall–Kier alpha value is 0.430. The van der Waals surface area contributed by atoms with Gasteiger partial charge < -0.3 is 0 Å². The zero-order valence-electron chi connectivity index (χ0n) is 39.9. The van der Waals surface area contributed by atoms with E-state index in [4.69, 9.17) is 0 Å². The van der Waals surface area contributed by atoms with Gasteiger partial charge in [-0.05, 0) is 0 Å². The molecule has 1 heteroatoms. The van der Waals surface area contributed by atoms with Gasteiger partial charge in [0.2, 0.25) is 0 Å². The summed E-state index contributed by atoms with van der Waals surface area (Å²) in [6, 6.07) is 0. The van der Waals surface area contributed by atoms with Gasteiger partial charge in [0.1, 0.15) is 0 Å². The van der Waals surface area contributed by atoms with Crippen LogP contribution in [0.4, 0.5) is 0 Å². The SMILES string of the molecule is CCCCCCCCCCCCCCC[PH](CCCCCCCCC)(CCCCCCCCCCCCCCC)CCCCCCCCCCCCCCC. The quantitative estimate of drug-likeness (QED) is 0.0425. The molecule has 0 aliphatic rings. The second-order valence-electron chi connectivity index (χ2n) is 19.3. The monoisotopic (exact) mass is 793 g/mol. The van der Waals surface area contributed by atoms with Gasteiger partial charge in [-0.25, -0.2) is 0 Å². The Morgan fingerprint density at radius 3 is 0.382 bits per heavy atom. The summed E-state index contributed by atoms with van der Waals surface area (Å²) in [4.78, 5) is 0. The molecule has 0 bridgehead atoms. The van der Waals surface area contributed by atoms with Crippen LogP contribution in [0.1, 0.15) is 323 Å². The van der Waals surface area contributed by atoms with Crippen LogP contribution in [-0.2, 0) is 0 Å². The maximum atomic E-state index is 2.36. The molecule has 55 heavy (non-hydrogen) atoms. The summed E-state index contributed by atoms with van der Waals surface area (Å²) in [5, 5.41) is 0. The van der Waals surface area contributed by atoms with Crippen molar-refractivity contribution in [3.8, 4) is 0 Å². The second kappa shape index (κ2) is 48.8. The summed E-state index contributed by atoms with van der Waals surface area (Å²) in [7, 11) is -1.17. The molecule has 0 N–H and O–H groups in total. The third kappa shape index (κ3) is 43.8. The van der Waals surface area contributed by atoms with Crippen LogP contribution in [-0.4, -0.2) is 24.6 Å². The standard InChI is InChI=1S/C54H113P/c1-5-9-13-17-21-24-27-30-33-36-40-44-48-52-55(51-47-43-39-20-16-12-8-4,53-49-45-41-37-34-31-28-25-22-18-14-10-6-2)54-50-46-42-38-35-32-29-26-23-19-15-11-7-3/h55H,5-54H2,1-4H3. The Kier molecular flexibility index (Phi) is 49.2. The summed E-state index contributed by atoms with van der Waals surface area (Å²) in [6.07, 6.45) is 75.5. The minimum Gasteiger partial charge on any atom is -0.0654 e. The molecule has 334 valence electrons. The topological polar surface area (TPSA) is 0 Å². The summed E-state index contributed by atoms with van der Waals surface area (Å²) >= 11 is 0. The Balaban J connectivity index is 4.79. The molecule has 0 radical (unpaired) electrons. The van der Waals surface area contributed by atoms with Gasteiger partial charge in [0.25, 0.3) is 0 Å². The number of hydrogen-bond acceptors (Lipinski definition) is 0.